The molecule has 19 heavy (non-hydrogen) atoms. The maximum absolute atomic E-state index is 11.2. The Bertz CT molecular complexity index is 538. The van der Waals surface area contributed by atoms with Crippen molar-refractivity contribution in [2.75, 3.05) is 25.2 Å². The van der Waals surface area contributed by atoms with Crippen molar-refractivity contribution < 1.29 is 14.6 Å². The third-order valence-corrected chi connectivity index (χ3v) is 3.45. The lowest BCUT2D eigenvalue weighted by molar-refractivity contribution is -0.141. The highest BCUT2D eigenvalue weighted by atomic mass is 16.5. The van der Waals surface area contributed by atoms with Gasteiger partial charge in [-0.1, -0.05) is 0 Å². The van der Waals surface area contributed by atoms with Gasteiger partial charge in [0.1, 0.15) is 17.8 Å². The maximum atomic E-state index is 11.2. The molecule has 2 rings (SSSR count). The molecule has 2 unspecified atom stereocenters. The van der Waals surface area contributed by atoms with Crippen LogP contribution in [0.4, 0.5) is 5.82 Å². The van der Waals surface area contributed by atoms with Gasteiger partial charge < -0.3 is 14.7 Å². The van der Waals surface area contributed by atoms with Crippen LogP contribution in [-0.2, 0) is 9.53 Å². The van der Waals surface area contributed by atoms with E-state index < -0.39 is 11.9 Å². The van der Waals surface area contributed by atoms with Crippen LogP contribution < -0.4 is 4.90 Å². The first-order valence-corrected chi connectivity index (χ1v) is 5.95. The van der Waals surface area contributed by atoms with Crippen LogP contribution >= 0.6 is 0 Å². The summed E-state index contributed by atoms with van der Waals surface area (Å²) in [5.41, 5.74) is 1.30. The Morgan fingerprint density at radius 1 is 1.63 bits per heavy atom. The van der Waals surface area contributed by atoms with Crippen LogP contribution in [0.5, 0.6) is 0 Å². The number of carbonyl (C=O) groups is 1. The standard InChI is InChI=1S/C13H15N3O3/c1-8-3-4-15-12(9(8)5-14)16(2)11-7-19-6-10(11)13(17)18/h3-4,10-11H,6-7H2,1-2H3,(H,17,18). The second-order valence-corrected chi connectivity index (χ2v) is 4.60. The molecule has 1 aliphatic rings. The number of carboxylic acids is 1. The lowest BCUT2D eigenvalue weighted by Crippen LogP contribution is -2.41. The van der Waals surface area contributed by atoms with Crippen LogP contribution in [-0.4, -0.2) is 42.4 Å². The van der Waals surface area contributed by atoms with Gasteiger partial charge in [-0.05, 0) is 18.6 Å². The van der Waals surface area contributed by atoms with Crippen molar-refractivity contribution in [2.24, 2.45) is 5.92 Å². The second-order valence-electron chi connectivity index (χ2n) is 4.60. The molecule has 1 N–H and O–H groups in total. The Morgan fingerprint density at radius 3 is 3.00 bits per heavy atom. The highest BCUT2D eigenvalue weighted by Crippen LogP contribution is 2.26. The molecule has 0 saturated carbocycles. The molecule has 0 aliphatic carbocycles. The number of ether oxygens (including phenoxy) is 1. The van der Waals surface area contributed by atoms with Crippen LogP contribution in [0.3, 0.4) is 0 Å². The van der Waals surface area contributed by atoms with Crippen LogP contribution in [0.15, 0.2) is 12.3 Å². The molecular formula is C13H15N3O3. The van der Waals surface area contributed by atoms with Gasteiger partial charge in [0.2, 0.25) is 0 Å². The van der Waals surface area contributed by atoms with E-state index in [2.05, 4.69) is 11.1 Å². The van der Waals surface area contributed by atoms with Crippen molar-refractivity contribution in [1.82, 2.24) is 4.98 Å². The number of anilines is 1. The van der Waals surface area contributed by atoms with Crippen LogP contribution in [0.25, 0.3) is 0 Å². The van der Waals surface area contributed by atoms with Crippen molar-refractivity contribution in [3.05, 3.63) is 23.4 Å². The summed E-state index contributed by atoms with van der Waals surface area (Å²) >= 11 is 0. The van der Waals surface area contributed by atoms with E-state index in [1.807, 2.05) is 6.92 Å². The molecular weight excluding hydrogens is 246 g/mol. The van der Waals surface area contributed by atoms with Crippen molar-refractivity contribution in [3.8, 4) is 6.07 Å². The summed E-state index contributed by atoms with van der Waals surface area (Å²) in [6.45, 7) is 2.35. The topological polar surface area (TPSA) is 86.5 Å². The molecule has 1 saturated heterocycles. The van der Waals surface area contributed by atoms with E-state index in [-0.39, 0.29) is 12.6 Å². The molecule has 1 aliphatic heterocycles. The Balaban J connectivity index is 2.35. The molecule has 2 atom stereocenters. The molecule has 0 bridgehead atoms. The SMILES string of the molecule is Cc1ccnc(N(C)C2COCC2C(=O)O)c1C#N. The summed E-state index contributed by atoms with van der Waals surface area (Å²) in [6, 6.07) is 3.57. The van der Waals surface area contributed by atoms with E-state index in [0.29, 0.717) is 18.0 Å². The van der Waals surface area contributed by atoms with Gasteiger partial charge in [0.05, 0.1) is 24.8 Å². The van der Waals surface area contributed by atoms with Crippen LogP contribution in [0, 0.1) is 24.2 Å². The van der Waals surface area contributed by atoms with Gasteiger partial charge in [-0.25, -0.2) is 4.98 Å². The lowest BCUT2D eigenvalue weighted by Gasteiger charge is -2.28. The summed E-state index contributed by atoms with van der Waals surface area (Å²) < 4.78 is 5.24. The number of hydrogen-bond acceptors (Lipinski definition) is 5. The largest absolute Gasteiger partial charge is 0.481 e. The van der Waals surface area contributed by atoms with E-state index in [9.17, 15) is 10.1 Å². The molecule has 0 spiro atoms. The number of nitriles is 1. The van der Waals surface area contributed by atoms with Gasteiger partial charge in [-0.3, -0.25) is 4.79 Å². The van der Waals surface area contributed by atoms with Gasteiger partial charge in [0, 0.05) is 13.2 Å². The monoisotopic (exact) mass is 261 g/mol. The highest BCUT2D eigenvalue weighted by Gasteiger charge is 2.37. The van der Waals surface area contributed by atoms with Gasteiger partial charge in [0.15, 0.2) is 0 Å². The number of aliphatic carboxylic acids is 1. The molecule has 2 heterocycles. The van der Waals surface area contributed by atoms with E-state index >= 15 is 0 Å². The number of likely N-dealkylation sites (N-methyl/N-ethyl adjacent to an activating group) is 1. The third kappa shape index (κ3) is 2.37. The van der Waals surface area contributed by atoms with E-state index in [4.69, 9.17) is 9.84 Å². The normalized spacial score (nSPS) is 21.9. The Hall–Kier alpha value is -2.13. The Kier molecular flexibility index (Phi) is 3.67. The number of rotatable bonds is 3. The Morgan fingerprint density at radius 2 is 2.37 bits per heavy atom. The molecule has 0 radical (unpaired) electrons. The van der Waals surface area contributed by atoms with Crippen molar-refractivity contribution in [3.63, 3.8) is 0 Å². The molecule has 1 aromatic heterocycles. The molecule has 6 nitrogen and oxygen atoms in total. The Labute approximate surface area is 111 Å². The smallest absolute Gasteiger partial charge is 0.311 e. The molecule has 100 valence electrons. The van der Waals surface area contributed by atoms with Crippen LogP contribution in [0.1, 0.15) is 11.1 Å². The number of nitrogens with zero attached hydrogens (tertiary/aromatic N) is 3. The van der Waals surface area contributed by atoms with Crippen molar-refractivity contribution >= 4 is 11.8 Å². The summed E-state index contributed by atoms with van der Waals surface area (Å²) in [4.78, 5) is 17.1. The molecule has 1 fully saturated rings. The third-order valence-electron chi connectivity index (χ3n) is 3.45. The number of hydrogen-bond donors (Lipinski definition) is 1. The first-order valence-electron chi connectivity index (χ1n) is 5.95. The summed E-state index contributed by atoms with van der Waals surface area (Å²) in [5.74, 6) is -0.983. The highest BCUT2D eigenvalue weighted by molar-refractivity contribution is 5.72. The van der Waals surface area contributed by atoms with Gasteiger partial charge >= 0.3 is 5.97 Å². The molecule has 6 heteroatoms. The van der Waals surface area contributed by atoms with Crippen molar-refractivity contribution in [2.45, 2.75) is 13.0 Å². The predicted octanol–water partition coefficient (Wildman–Crippen LogP) is 0.798. The summed E-state index contributed by atoms with van der Waals surface area (Å²) in [6.07, 6.45) is 1.62. The maximum Gasteiger partial charge on any atom is 0.311 e. The van der Waals surface area contributed by atoms with Gasteiger partial charge in [-0.2, -0.15) is 5.26 Å². The van der Waals surface area contributed by atoms with Crippen LogP contribution in [0.2, 0.25) is 0 Å². The second kappa shape index (κ2) is 5.24. The summed E-state index contributed by atoms with van der Waals surface area (Å²) in [7, 11) is 1.75. The fourth-order valence-corrected chi connectivity index (χ4v) is 2.27. The fourth-order valence-electron chi connectivity index (χ4n) is 2.27. The zero-order valence-corrected chi connectivity index (χ0v) is 10.8. The summed E-state index contributed by atoms with van der Waals surface area (Å²) in [5, 5.41) is 18.4. The zero-order chi connectivity index (χ0) is 14.0. The minimum atomic E-state index is -0.888. The number of pyridine rings is 1. The molecule has 0 aromatic carbocycles. The van der Waals surface area contributed by atoms with E-state index in [1.54, 1.807) is 24.2 Å². The quantitative estimate of drug-likeness (QED) is 0.866. The first kappa shape index (κ1) is 13.3. The van der Waals surface area contributed by atoms with Crippen molar-refractivity contribution in [1.29, 1.82) is 5.26 Å². The predicted molar refractivity (Wildman–Crippen MR) is 67.8 cm³/mol. The number of aryl methyl sites for hydroxylation is 1. The number of aromatic nitrogens is 1. The number of carboxylic acid groups (broad SMARTS) is 1. The average Bonchev–Trinajstić information content (AvgIpc) is 2.86. The van der Waals surface area contributed by atoms with Gasteiger partial charge in [0.25, 0.3) is 0 Å². The minimum Gasteiger partial charge on any atom is -0.481 e. The minimum absolute atomic E-state index is 0.193. The average molecular weight is 261 g/mol. The molecule has 1 aromatic rings. The van der Waals surface area contributed by atoms with E-state index in [1.165, 1.54) is 0 Å². The first-order chi connectivity index (χ1) is 9.06. The lowest BCUT2D eigenvalue weighted by atomic mass is 10.0. The van der Waals surface area contributed by atoms with E-state index in [0.717, 1.165) is 5.56 Å². The zero-order valence-electron chi connectivity index (χ0n) is 10.8. The van der Waals surface area contributed by atoms with Gasteiger partial charge in [-0.15, -0.1) is 0 Å². The fraction of sp³-hybridized carbons (Fsp3) is 0.462. The molecule has 0 amide bonds.